The third-order valence-electron chi connectivity index (χ3n) is 3.40. The van der Waals surface area contributed by atoms with E-state index in [1.54, 1.807) is 18.2 Å². The van der Waals surface area contributed by atoms with Gasteiger partial charge in [0.05, 0.1) is 13.3 Å². The highest BCUT2D eigenvalue weighted by Crippen LogP contribution is 2.30. The Labute approximate surface area is 161 Å². The first-order chi connectivity index (χ1) is 12.8. The lowest BCUT2D eigenvalue weighted by Crippen LogP contribution is -2.15. The summed E-state index contributed by atoms with van der Waals surface area (Å²) >= 11 is 3.32. The van der Waals surface area contributed by atoms with Gasteiger partial charge in [0, 0.05) is 21.6 Å². The molecule has 2 aromatic heterocycles. The average molecular weight is 463 g/mol. The first-order valence-corrected chi connectivity index (χ1v) is 9.69. The number of rotatable bonds is 7. The summed E-state index contributed by atoms with van der Waals surface area (Å²) in [7, 11) is -2.75. The topological polar surface area (TPSA) is 106 Å². The van der Waals surface area contributed by atoms with Gasteiger partial charge in [0.2, 0.25) is 5.88 Å². The van der Waals surface area contributed by atoms with Gasteiger partial charge in [-0.15, -0.1) is 0 Å². The molecule has 0 spiro atoms. The lowest BCUT2D eigenvalue weighted by molar-refractivity contribution is 0.0766. The number of aromatic nitrogens is 3. The van der Waals surface area contributed by atoms with Gasteiger partial charge >= 0.3 is 6.01 Å². The maximum Gasteiger partial charge on any atom is 0.320 e. The van der Waals surface area contributed by atoms with Crippen molar-refractivity contribution in [2.75, 3.05) is 18.4 Å². The fourth-order valence-corrected chi connectivity index (χ4v) is 3.86. The molecule has 3 aromatic rings. The van der Waals surface area contributed by atoms with Crippen LogP contribution in [0.4, 0.5) is 14.5 Å². The van der Waals surface area contributed by atoms with Crippen LogP contribution in [0.1, 0.15) is 0 Å². The lowest BCUT2D eigenvalue weighted by atomic mass is 10.2. The molecule has 0 aliphatic heterocycles. The van der Waals surface area contributed by atoms with E-state index in [2.05, 4.69) is 35.6 Å². The summed E-state index contributed by atoms with van der Waals surface area (Å²) in [5.41, 5.74) is 0.567. The molecule has 0 unspecified atom stereocenters. The highest BCUT2D eigenvalue weighted by Gasteiger charge is 2.22. The summed E-state index contributed by atoms with van der Waals surface area (Å²) in [5.74, 6) is -0.166. The van der Waals surface area contributed by atoms with Crippen LogP contribution in [0.5, 0.6) is 11.9 Å². The third kappa shape index (κ3) is 4.27. The molecule has 0 bridgehead atoms. The third-order valence-corrected chi connectivity index (χ3v) is 5.30. The van der Waals surface area contributed by atoms with E-state index in [9.17, 15) is 17.2 Å². The van der Waals surface area contributed by atoms with E-state index in [1.807, 2.05) is 0 Å². The van der Waals surface area contributed by atoms with Crippen LogP contribution in [0.15, 0.2) is 40.0 Å². The largest absolute Gasteiger partial charge is 0.479 e. The first kappa shape index (κ1) is 19.3. The summed E-state index contributed by atoms with van der Waals surface area (Å²) in [6.45, 7) is -0.890. The number of ether oxygens (including phenoxy) is 2. The van der Waals surface area contributed by atoms with Gasteiger partial charge in [-0.1, -0.05) is 22.0 Å². The molecule has 144 valence electrons. The quantitative estimate of drug-likeness (QED) is 0.558. The van der Waals surface area contributed by atoms with Crippen molar-refractivity contribution in [2.45, 2.75) is 11.3 Å². The smallest absolute Gasteiger partial charge is 0.320 e. The second kappa shape index (κ2) is 7.64. The van der Waals surface area contributed by atoms with Crippen LogP contribution in [-0.4, -0.2) is 43.5 Å². The number of fused-ring (bicyclic) bond motifs is 1. The molecular weight excluding hydrogens is 450 g/mol. The number of aromatic amines is 1. The van der Waals surface area contributed by atoms with Crippen molar-refractivity contribution in [1.29, 1.82) is 0 Å². The molecule has 2 N–H and O–H groups in total. The van der Waals surface area contributed by atoms with Crippen molar-refractivity contribution in [3.05, 3.63) is 35.1 Å². The van der Waals surface area contributed by atoms with Crippen molar-refractivity contribution < 1.29 is 26.7 Å². The molecule has 2 heterocycles. The van der Waals surface area contributed by atoms with Crippen molar-refractivity contribution in [3.63, 3.8) is 0 Å². The van der Waals surface area contributed by atoms with Crippen molar-refractivity contribution in [3.8, 4) is 11.9 Å². The normalized spacial score (nSPS) is 11.7. The maximum atomic E-state index is 12.7. The number of halogens is 3. The maximum absolute atomic E-state index is 12.7. The first-order valence-electron chi connectivity index (χ1n) is 7.41. The van der Waals surface area contributed by atoms with Gasteiger partial charge in [0.1, 0.15) is 10.6 Å². The summed E-state index contributed by atoms with van der Waals surface area (Å²) in [4.78, 5) is 10.4. The van der Waals surface area contributed by atoms with Crippen LogP contribution >= 0.6 is 15.9 Å². The van der Waals surface area contributed by atoms with E-state index in [4.69, 9.17) is 9.47 Å². The van der Waals surface area contributed by atoms with Crippen LogP contribution < -0.4 is 14.2 Å². The lowest BCUT2D eigenvalue weighted by Gasteiger charge is -2.11. The highest BCUT2D eigenvalue weighted by atomic mass is 79.9. The van der Waals surface area contributed by atoms with Gasteiger partial charge in [0.15, 0.2) is 6.61 Å². The molecular formula is C15H13BrF2N4O4S. The predicted molar refractivity (Wildman–Crippen MR) is 96.9 cm³/mol. The Morgan fingerprint density at radius 1 is 1.37 bits per heavy atom. The predicted octanol–water partition coefficient (Wildman–Crippen LogP) is 3.17. The zero-order valence-electron chi connectivity index (χ0n) is 13.7. The van der Waals surface area contributed by atoms with E-state index in [1.165, 1.54) is 13.3 Å². The number of anilines is 1. The van der Waals surface area contributed by atoms with Crippen LogP contribution in [0.3, 0.4) is 0 Å². The standard InChI is InChI=1S/C15H13BrF2N4O4S/c1-25-14-11(5-20-15(21-14)26-7-13(17)18)22-27(23,24)12-6-19-10-4-8(16)2-3-9(10)12/h2-6,13,19,22H,7H2,1H3. The molecule has 0 saturated carbocycles. The zero-order chi connectivity index (χ0) is 19.6. The fourth-order valence-electron chi connectivity index (χ4n) is 2.28. The molecule has 0 fully saturated rings. The summed E-state index contributed by atoms with van der Waals surface area (Å²) in [6.07, 6.45) is -0.262. The van der Waals surface area contributed by atoms with E-state index in [0.717, 1.165) is 10.7 Å². The van der Waals surface area contributed by atoms with Crippen molar-refractivity contribution in [1.82, 2.24) is 15.0 Å². The van der Waals surface area contributed by atoms with Gasteiger partial charge in [-0.05, 0) is 12.1 Å². The van der Waals surface area contributed by atoms with Gasteiger partial charge in [-0.25, -0.2) is 22.2 Å². The fraction of sp³-hybridized carbons (Fsp3) is 0.200. The number of methoxy groups -OCH3 is 1. The van der Waals surface area contributed by atoms with Crippen molar-refractivity contribution in [2.24, 2.45) is 0 Å². The number of nitrogens with one attached hydrogen (secondary N) is 2. The molecule has 0 aliphatic rings. The number of alkyl halides is 2. The average Bonchev–Trinajstić information content (AvgIpc) is 3.04. The summed E-state index contributed by atoms with van der Waals surface area (Å²) in [5, 5.41) is 0.488. The molecule has 3 rings (SSSR count). The SMILES string of the molecule is COc1nc(OCC(F)F)ncc1NS(=O)(=O)c1c[nH]c2cc(Br)ccc12. The number of H-pyrrole nitrogens is 1. The van der Waals surface area contributed by atoms with Gasteiger partial charge < -0.3 is 14.5 Å². The van der Waals surface area contributed by atoms with Gasteiger partial charge in [0.25, 0.3) is 16.4 Å². The Hall–Kier alpha value is -2.47. The van der Waals surface area contributed by atoms with E-state index < -0.39 is 23.1 Å². The highest BCUT2D eigenvalue weighted by molar-refractivity contribution is 9.10. The van der Waals surface area contributed by atoms with Gasteiger partial charge in [-0.2, -0.15) is 4.98 Å². The van der Waals surface area contributed by atoms with Gasteiger partial charge in [-0.3, -0.25) is 4.72 Å². The Morgan fingerprint density at radius 3 is 2.85 bits per heavy atom. The molecule has 0 radical (unpaired) electrons. The Kier molecular flexibility index (Phi) is 5.46. The minimum atomic E-state index is -4.00. The van der Waals surface area contributed by atoms with E-state index in [0.29, 0.717) is 10.9 Å². The minimum absolute atomic E-state index is 0.0186. The van der Waals surface area contributed by atoms with Crippen LogP contribution in [0.25, 0.3) is 10.9 Å². The van der Waals surface area contributed by atoms with E-state index >= 15 is 0 Å². The number of benzene rings is 1. The molecule has 8 nitrogen and oxygen atoms in total. The monoisotopic (exact) mass is 462 g/mol. The molecule has 12 heteroatoms. The van der Waals surface area contributed by atoms with Crippen LogP contribution in [0.2, 0.25) is 0 Å². The van der Waals surface area contributed by atoms with Crippen LogP contribution in [-0.2, 0) is 10.0 Å². The van der Waals surface area contributed by atoms with Crippen molar-refractivity contribution >= 4 is 42.5 Å². The molecule has 27 heavy (non-hydrogen) atoms. The second-order valence-electron chi connectivity index (χ2n) is 5.23. The number of sulfonamides is 1. The molecule has 0 amide bonds. The summed E-state index contributed by atoms with van der Waals surface area (Å²) in [6, 6.07) is 4.76. The number of hydrogen-bond donors (Lipinski definition) is 2. The van der Waals surface area contributed by atoms with Crippen LogP contribution in [0, 0.1) is 0 Å². The van der Waals surface area contributed by atoms with E-state index in [-0.39, 0.29) is 22.5 Å². The Bertz CT molecular complexity index is 1070. The molecule has 0 atom stereocenters. The molecule has 0 aliphatic carbocycles. The minimum Gasteiger partial charge on any atom is -0.479 e. The zero-order valence-corrected chi connectivity index (χ0v) is 16.1. The molecule has 1 aromatic carbocycles. The second-order valence-corrected chi connectivity index (χ2v) is 7.79. The molecule has 0 saturated heterocycles. The Balaban J connectivity index is 1.90. The Morgan fingerprint density at radius 2 is 2.15 bits per heavy atom. The summed E-state index contributed by atoms with van der Waals surface area (Å²) < 4.78 is 62.7. The number of hydrogen-bond acceptors (Lipinski definition) is 6. The number of nitrogens with zero attached hydrogens (tertiary/aromatic N) is 2.